The molecular formula is C11H18N2O3. The molecule has 0 heterocycles. The third-order valence-electron chi connectivity index (χ3n) is 2.56. The maximum atomic E-state index is 11.7. The fourth-order valence-corrected chi connectivity index (χ4v) is 1.35. The molecule has 0 saturated carbocycles. The Morgan fingerprint density at radius 2 is 2.12 bits per heavy atom. The lowest BCUT2D eigenvalue weighted by atomic mass is 9.88. The number of rotatable bonds is 6. The monoisotopic (exact) mass is 226 g/mol. The fraction of sp³-hybridized carbons (Fsp3) is 0.636. The summed E-state index contributed by atoms with van der Waals surface area (Å²) in [6, 6.07) is 0. The van der Waals surface area contributed by atoms with E-state index in [1.54, 1.807) is 0 Å². The number of hydrogen-bond acceptors (Lipinski definition) is 3. The average molecular weight is 226 g/mol. The summed E-state index contributed by atoms with van der Waals surface area (Å²) in [6.07, 6.45) is 5.76. The van der Waals surface area contributed by atoms with Crippen molar-refractivity contribution in [3.8, 4) is 12.3 Å². The van der Waals surface area contributed by atoms with Crippen LogP contribution in [-0.2, 0) is 9.59 Å². The topological polar surface area (TPSA) is 78.4 Å². The molecule has 2 atom stereocenters. The first kappa shape index (κ1) is 14.5. The van der Waals surface area contributed by atoms with Crippen molar-refractivity contribution in [1.29, 1.82) is 0 Å². The van der Waals surface area contributed by atoms with E-state index < -0.39 is 11.8 Å². The lowest BCUT2D eigenvalue weighted by Gasteiger charge is -2.20. The van der Waals surface area contributed by atoms with Crippen LogP contribution in [0.5, 0.6) is 0 Å². The summed E-state index contributed by atoms with van der Waals surface area (Å²) in [5, 5.41) is 11.0. The van der Waals surface area contributed by atoms with Gasteiger partial charge in [-0.25, -0.2) is 5.48 Å². The van der Waals surface area contributed by atoms with Crippen LogP contribution in [0, 0.1) is 24.2 Å². The quantitative estimate of drug-likeness (QED) is 0.346. The molecule has 0 spiro atoms. The molecule has 2 amide bonds. The van der Waals surface area contributed by atoms with Crippen LogP contribution < -0.4 is 10.8 Å². The van der Waals surface area contributed by atoms with Crippen molar-refractivity contribution in [2.24, 2.45) is 11.8 Å². The van der Waals surface area contributed by atoms with Crippen molar-refractivity contribution in [3.05, 3.63) is 0 Å². The number of carbonyl (C=O) groups excluding carboxylic acids is 2. The third-order valence-corrected chi connectivity index (χ3v) is 2.56. The number of hydrogen-bond donors (Lipinski definition) is 3. The van der Waals surface area contributed by atoms with Crippen LogP contribution in [-0.4, -0.2) is 23.6 Å². The van der Waals surface area contributed by atoms with Crippen molar-refractivity contribution in [2.45, 2.75) is 26.7 Å². The Labute approximate surface area is 95.6 Å². The van der Waals surface area contributed by atoms with Crippen LogP contribution in [0.1, 0.15) is 26.7 Å². The van der Waals surface area contributed by atoms with Crippen LogP contribution in [0.4, 0.5) is 0 Å². The van der Waals surface area contributed by atoms with E-state index in [1.165, 1.54) is 5.48 Å². The first-order chi connectivity index (χ1) is 7.56. The van der Waals surface area contributed by atoms with Crippen LogP contribution in [0.2, 0.25) is 0 Å². The first-order valence-corrected chi connectivity index (χ1v) is 5.20. The minimum Gasteiger partial charge on any atom is -0.345 e. The van der Waals surface area contributed by atoms with Crippen LogP contribution >= 0.6 is 0 Å². The van der Waals surface area contributed by atoms with Crippen molar-refractivity contribution in [3.63, 3.8) is 0 Å². The maximum Gasteiger partial charge on any atom is 0.244 e. The molecule has 16 heavy (non-hydrogen) atoms. The summed E-state index contributed by atoms with van der Waals surface area (Å²) in [5.74, 6) is 1.06. The van der Waals surface area contributed by atoms with Crippen LogP contribution in [0.25, 0.3) is 0 Å². The van der Waals surface area contributed by atoms with E-state index in [-0.39, 0.29) is 24.8 Å². The number of amides is 2. The molecular weight excluding hydrogens is 208 g/mol. The smallest absolute Gasteiger partial charge is 0.244 e. The fourth-order valence-electron chi connectivity index (χ4n) is 1.35. The molecule has 0 fully saturated rings. The molecule has 0 bridgehead atoms. The second-order valence-corrected chi connectivity index (χ2v) is 3.65. The molecule has 0 aliphatic carbocycles. The van der Waals surface area contributed by atoms with Gasteiger partial charge in [-0.15, -0.1) is 6.42 Å². The number of carbonyl (C=O) groups is 2. The molecule has 0 aromatic carbocycles. The highest BCUT2D eigenvalue weighted by Gasteiger charge is 2.26. The molecule has 5 nitrogen and oxygen atoms in total. The molecule has 0 radical (unpaired) electrons. The van der Waals surface area contributed by atoms with Crippen LogP contribution in [0.3, 0.4) is 0 Å². The van der Waals surface area contributed by atoms with Gasteiger partial charge in [0.1, 0.15) is 0 Å². The Morgan fingerprint density at radius 1 is 1.50 bits per heavy atom. The highest BCUT2D eigenvalue weighted by atomic mass is 16.5. The molecule has 0 aromatic rings. The van der Waals surface area contributed by atoms with E-state index in [1.807, 2.05) is 13.8 Å². The molecule has 0 aliphatic heterocycles. The normalized spacial score (nSPS) is 13.4. The van der Waals surface area contributed by atoms with E-state index >= 15 is 0 Å². The van der Waals surface area contributed by atoms with E-state index in [0.29, 0.717) is 0 Å². The second kappa shape index (κ2) is 7.71. The van der Waals surface area contributed by atoms with Gasteiger partial charge in [-0.05, 0) is 5.92 Å². The number of hydroxylamine groups is 1. The Bertz CT molecular complexity index is 283. The van der Waals surface area contributed by atoms with Crippen molar-refractivity contribution in [2.75, 3.05) is 6.54 Å². The molecule has 90 valence electrons. The summed E-state index contributed by atoms with van der Waals surface area (Å²) in [4.78, 5) is 22.7. The molecule has 2 unspecified atom stereocenters. The zero-order valence-corrected chi connectivity index (χ0v) is 9.62. The lowest BCUT2D eigenvalue weighted by molar-refractivity contribution is -0.136. The maximum absolute atomic E-state index is 11.7. The summed E-state index contributed by atoms with van der Waals surface area (Å²) in [5.41, 5.74) is 1.53. The van der Waals surface area contributed by atoms with E-state index in [9.17, 15) is 9.59 Å². The molecule has 3 N–H and O–H groups in total. The van der Waals surface area contributed by atoms with Gasteiger partial charge in [-0.1, -0.05) is 26.2 Å². The van der Waals surface area contributed by atoms with Crippen LogP contribution in [0.15, 0.2) is 0 Å². The first-order valence-electron chi connectivity index (χ1n) is 5.20. The minimum absolute atomic E-state index is 0.0398. The average Bonchev–Trinajstić information content (AvgIpc) is 2.31. The van der Waals surface area contributed by atoms with E-state index in [2.05, 4.69) is 11.2 Å². The summed E-state index contributed by atoms with van der Waals surface area (Å²) >= 11 is 0. The van der Waals surface area contributed by atoms with Gasteiger partial charge in [0, 0.05) is 12.3 Å². The Hall–Kier alpha value is -1.54. The van der Waals surface area contributed by atoms with E-state index in [0.717, 1.165) is 6.42 Å². The molecule has 0 aliphatic rings. The van der Waals surface area contributed by atoms with Gasteiger partial charge >= 0.3 is 0 Å². The van der Waals surface area contributed by atoms with Gasteiger partial charge in [0.05, 0.1) is 6.54 Å². The molecule has 5 heteroatoms. The molecule has 0 saturated heterocycles. The van der Waals surface area contributed by atoms with Gasteiger partial charge in [0.25, 0.3) is 0 Å². The molecule has 0 aromatic heterocycles. The standard InChI is InChI=1S/C11H18N2O3/c1-4-6-12-11(15)9(8(3)5-2)7-10(14)13-16/h1,8-9,16H,5-7H2,2-3H3,(H,12,15)(H,13,14). The highest BCUT2D eigenvalue weighted by molar-refractivity contribution is 5.85. The largest absolute Gasteiger partial charge is 0.345 e. The van der Waals surface area contributed by atoms with Gasteiger partial charge < -0.3 is 5.32 Å². The van der Waals surface area contributed by atoms with Crippen molar-refractivity contribution >= 4 is 11.8 Å². The Balaban J connectivity index is 4.48. The number of nitrogens with one attached hydrogen (secondary N) is 2. The summed E-state index contributed by atoms with van der Waals surface area (Å²) < 4.78 is 0. The SMILES string of the molecule is C#CCNC(=O)C(CC(=O)NO)C(C)CC. The van der Waals surface area contributed by atoms with Crippen molar-refractivity contribution in [1.82, 2.24) is 10.8 Å². The predicted molar refractivity (Wildman–Crippen MR) is 59.3 cm³/mol. The molecule has 0 rings (SSSR count). The second-order valence-electron chi connectivity index (χ2n) is 3.65. The van der Waals surface area contributed by atoms with Gasteiger partial charge in [-0.3, -0.25) is 14.8 Å². The minimum atomic E-state index is -0.568. The summed E-state index contributed by atoms with van der Waals surface area (Å²) in [6.45, 7) is 3.96. The third kappa shape index (κ3) is 4.80. The Morgan fingerprint density at radius 3 is 2.56 bits per heavy atom. The van der Waals surface area contributed by atoms with Gasteiger partial charge in [0.15, 0.2) is 0 Å². The van der Waals surface area contributed by atoms with Gasteiger partial charge in [0.2, 0.25) is 11.8 Å². The number of terminal acetylenes is 1. The predicted octanol–water partition coefficient (Wildman–Crippen LogP) is 0.294. The zero-order chi connectivity index (χ0) is 12.6. The zero-order valence-electron chi connectivity index (χ0n) is 9.62. The lowest BCUT2D eigenvalue weighted by Crippen LogP contribution is -2.37. The Kier molecular flexibility index (Phi) is 6.97. The highest BCUT2D eigenvalue weighted by Crippen LogP contribution is 2.19. The summed E-state index contributed by atoms with van der Waals surface area (Å²) in [7, 11) is 0. The van der Waals surface area contributed by atoms with Crippen molar-refractivity contribution < 1.29 is 14.8 Å². The van der Waals surface area contributed by atoms with Gasteiger partial charge in [-0.2, -0.15) is 0 Å². The van der Waals surface area contributed by atoms with E-state index in [4.69, 9.17) is 11.6 Å².